The van der Waals surface area contributed by atoms with E-state index >= 15 is 0 Å². The van der Waals surface area contributed by atoms with Crippen LogP contribution in [0.5, 0.6) is 0 Å². The lowest BCUT2D eigenvalue weighted by Gasteiger charge is -2.28. The van der Waals surface area contributed by atoms with Crippen LogP contribution in [0.25, 0.3) is 0 Å². The van der Waals surface area contributed by atoms with Gasteiger partial charge in [0.1, 0.15) is 6.04 Å². The Morgan fingerprint density at radius 3 is 2.69 bits per heavy atom. The fourth-order valence-corrected chi connectivity index (χ4v) is 4.63. The summed E-state index contributed by atoms with van der Waals surface area (Å²) in [6, 6.07) is 1.89. The number of carbonyl (C=O) groups excluding carboxylic acids is 4. The van der Waals surface area contributed by atoms with E-state index in [9.17, 15) is 28.0 Å². The van der Waals surface area contributed by atoms with Crippen molar-refractivity contribution in [1.82, 2.24) is 20.4 Å². The third kappa shape index (κ3) is 2.62. The SMILES string of the molecule is O=C1CCC(N2C(=O)c3cccc(CN4CCNC5C4C5(F)F)c3C2=O)C(=O)N1. The topological polar surface area (TPSA) is 98.8 Å². The maximum Gasteiger partial charge on any atom is 0.281 e. The van der Waals surface area contributed by atoms with Gasteiger partial charge in [-0.15, -0.1) is 0 Å². The molecule has 3 atom stereocenters. The van der Waals surface area contributed by atoms with Crippen molar-refractivity contribution in [3.05, 3.63) is 34.9 Å². The standard InChI is InChI=1S/C19H18F2N4O4/c20-19(21)14-15(19)24(7-6-22-14)8-9-2-1-3-10-13(9)18(29)25(17(10)28)11-4-5-12(26)23-16(11)27/h1-3,11,14-15,22H,4-8H2,(H,23,26,27). The zero-order chi connectivity index (χ0) is 20.5. The van der Waals surface area contributed by atoms with E-state index in [4.69, 9.17) is 0 Å². The highest BCUT2D eigenvalue weighted by molar-refractivity contribution is 6.24. The van der Waals surface area contributed by atoms with Gasteiger partial charge in [0.05, 0.1) is 23.2 Å². The normalized spacial score (nSPS) is 30.8. The van der Waals surface area contributed by atoms with Crippen molar-refractivity contribution in [2.45, 2.75) is 43.4 Å². The molecule has 1 saturated carbocycles. The lowest BCUT2D eigenvalue weighted by atomic mass is 10.0. The number of rotatable bonds is 3. The van der Waals surface area contributed by atoms with Gasteiger partial charge in [0, 0.05) is 26.1 Å². The van der Waals surface area contributed by atoms with Crippen LogP contribution in [0.3, 0.4) is 0 Å². The van der Waals surface area contributed by atoms with Crippen LogP contribution in [0.15, 0.2) is 18.2 Å². The summed E-state index contributed by atoms with van der Waals surface area (Å²) in [5, 5.41) is 4.95. The van der Waals surface area contributed by atoms with Gasteiger partial charge in [0.25, 0.3) is 17.7 Å². The molecule has 2 saturated heterocycles. The van der Waals surface area contributed by atoms with Crippen LogP contribution in [-0.4, -0.2) is 70.6 Å². The van der Waals surface area contributed by atoms with Crippen LogP contribution < -0.4 is 10.6 Å². The molecule has 1 aromatic rings. The van der Waals surface area contributed by atoms with Gasteiger partial charge in [0.15, 0.2) is 0 Å². The Balaban J connectivity index is 1.44. The molecule has 3 aliphatic heterocycles. The van der Waals surface area contributed by atoms with Crippen molar-refractivity contribution >= 4 is 23.6 Å². The molecule has 4 amide bonds. The van der Waals surface area contributed by atoms with Crippen LogP contribution in [0, 0.1) is 0 Å². The van der Waals surface area contributed by atoms with E-state index in [2.05, 4.69) is 10.6 Å². The van der Waals surface area contributed by atoms with Crippen LogP contribution in [0.2, 0.25) is 0 Å². The number of alkyl halides is 2. The highest BCUT2D eigenvalue weighted by Crippen LogP contribution is 2.48. The molecule has 0 radical (unpaired) electrons. The van der Waals surface area contributed by atoms with Gasteiger partial charge in [0.2, 0.25) is 11.8 Å². The summed E-state index contributed by atoms with van der Waals surface area (Å²) >= 11 is 0. The van der Waals surface area contributed by atoms with Crippen molar-refractivity contribution in [3.8, 4) is 0 Å². The molecule has 3 unspecified atom stereocenters. The molecule has 0 aromatic heterocycles. The molecule has 0 spiro atoms. The first kappa shape index (κ1) is 18.3. The largest absolute Gasteiger partial charge is 0.306 e. The predicted octanol–water partition coefficient (Wildman–Crippen LogP) is -0.121. The van der Waals surface area contributed by atoms with Gasteiger partial charge >= 0.3 is 0 Å². The van der Waals surface area contributed by atoms with Crippen molar-refractivity contribution in [3.63, 3.8) is 0 Å². The average Bonchev–Trinajstić information content (AvgIpc) is 3.15. The Hall–Kier alpha value is -2.72. The minimum Gasteiger partial charge on any atom is -0.306 e. The summed E-state index contributed by atoms with van der Waals surface area (Å²) in [5.41, 5.74) is 0.798. The van der Waals surface area contributed by atoms with Gasteiger partial charge < -0.3 is 5.32 Å². The molecule has 4 aliphatic rings. The number of piperidine rings is 1. The molecule has 1 aromatic carbocycles. The van der Waals surface area contributed by atoms with E-state index in [1.54, 1.807) is 17.0 Å². The smallest absolute Gasteiger partial charge is 0.281 e. The fourth-order valence-electron chi connectivity index (χ4n) is 4.63. The summed E-state index contributed by atoms with van der Waals surface area (Å²) in [6.45, 7) is 0.935. The highest BCUT2D eigenvalue weighted by Gasteiger charge is 2.71. The van der Waals surface area contributed by atoms with E-state index in [-0.39, 0.29) is 30.5 Å². The Bertz CT molecular complexity index is 966. The molecule has 0 bridgehead atoms. The van der Waals surface area contributed by atoms with Gasteiger partial charge in [-0.2, -0.15) is 0 Å². The van der Waals surface area contributed by atoms with E-state index in [0.29, 0.717) is 18.7 Å². The first-order valence-corrected chi connectivity index (χ1v) is 9.49. The average molecular weight is 404 g/mol. The van der Waals surface area contributed by atoms with E-state index in [1.165, 1.54) is 6.07 Å². The quantitative estimate of drug-likeness (QED) is 0.682. The zero-order valence-corrected chi connectivity index (χ0v) is 15.3. The number of piperazine rings is 1. The first-order valence-electron chi connectivity index (χ1n) is 9.49. The lowest BCUT2D eigenvalue weighted by Crippen LogP contribution is -2.54. The number of fused-ring (bicyclic) bond motifs is 2. The monoisotopic (exact) mass is 404 g/mol. The Kier molecular flexibility index (Phi) is 3.88. The third-order valence-corrected chi connectivity index (χ3v) is 6.10. The second kappa shape index (κ2) is 6.14. The number of carbonyl (C=O) groups is 4. The predicted molar refractivity (Wildman–Crippen MR) is 94.0 cm³/mol. The maximum atomic E-state index is 13.9. The number of nitrogens with one attached hydrogen (secondary N) is 2. The molecule has 29 heavy (non-hydrogen) atoms. The molecule has 152 valence electrons. The molecule has 2 N–H and O–H groups in total. The van der Waals surface area contributed by atoms with Crippen LogP contribution >= 0.6 is 0 Å². The number of benzene rings is 1. The van der Waals surface area contributed by atoms with Crippen molar-refractivity contribution in [2.24, 2.45) is 0 Å². The minimum atomic E-state index is -2.81. The second-order valence-electron chi connectivity index (χ2n) is 7.81. The van der Waals surface area contributed by atoms with Crippen molar-refractivity contribution in [1.29, 1.82) is 0 Å². The molecule has 10 heteroatoms. The molecule has 5 rings (SSSR count). The van der Waals surface area contributed by atoms with Crippen LogP contribution in [0.1, 0.15) is 39.1 Å². The molecule has 3 fully saturated rings. The number of hydrogen-bond acceptors (Lipinski definition) is 6. The summed E-state index contributed by atoms with van der Waals surface area (Å²) in [4.78, 5) is 52.0. The number of amides is 4. The number of nitrogens with zero attached hydrogens (tertiary/aromatic N) is 2. The van der Waals surface area contributed by atoms with Gasteiger partial charge in [-0.05, 0) is 18.1 Å². The Labute approximate surface area is 164 Å². The van der Waals surface area contributed by atoms with E-state index < -0.39 is 47.7 Å². The van der Waals surface area contributed by atoms with Gasteiger partial charge in [-0.25, -0.2) is 8.78 Å². The maximum absolute atomic E-state index is 13.9. The second-order valence-corrected chi connectivity index (χ2v) is 7.81. The van der Waals surface area contributed by atoms with Gasteiger partial charge in [-0.3, -0.25) is 34.3 Å². The number of imide groups is 2. The van der Waals surface area contributed by atoms with Crippen LogP contribution in [0.4, 0.5) is 8.78 Å². The van der Waals surface area contributed by atoms with Gasteiger partial charge in [-0.1, -0.05) is 12.1 Å². The third-order valence-electron chi connectivity index (χ3n) is 6.10. The zero-order valence-electron chi connectivity index (χ0n) is 15.3. The number of hydrogen-bond donors (Lipinski definition) is 2. The highest BCUT2D eigenvalue weighted by atomic mass is 19.3. The molecule has 8 nitrogen and oxygen atoms in total. The summed E-state index contributed by atoms with van der Waals surface area (Å²) < 4.78 is 27.9. The van der Waals surface area contributed by atoms with E-state index in [0.717, 1.165) is 4.90 Å². The molecule has 3 heterocycles. The lowest BCUT2D eigenvalue weighted by molar-refractivity contribution is -0.136. The Morgan fingerprint density at radius 2 is 1.93 bits per heavy atom. The summed E-state index contributed by atoms with van der Waals surface area (Å²) in [5.74, 6) is -5.16. The Morgan fingerprint density at radius 1 is 1.14 bits per heavy atom. The molecular weight excluding hydrogens is 386 g/mol. The number of halogens is 2. The van der Waals surface area contributed by atoms with Crippen molar-refractivity contribution in [2.75, 3.05) is 13.1 Å². The summed E-state index contributed by atoms with van der Waals surface area (Å²) in [6.07, 6.45) is 0.106. The minimum absolute atomic E-state index is 0.0373. The van der Waals surface area contributed by atoms with Crippen molar-refractivity contribution < 1.29 is 28.0 Å². The fraction of sp³-hybridized carbons (Fsp3) is 0.474. The van der Waals surface area contributed by atoms with E-state index in [1.807, 2.05) is 0 Å². The van der Waals surface area contributed by atoms with Crippen LogP contribution in [-0.2, 0) is 16.1 Å². The molecule has 1 aliphatic carbocycles. The summed E-state index contributed by atoms with van der Waals surface area (Å²) in [7, 11) is 0. The first-order chi connectivity index (χ1) is 13.8. The molecular formula is C19H18F2N4O4.